The molecule has 1 aliphatic rings. The van der Waals surface area contributed by atoms with Crippen molar-refractivity contribution in [1.29, 1.82) is 0 Å². The second-order valence-corrected chi connectivity index (χ2v) is 3.87. The summed E-state index contributed by atoms with van der Waals surface area (Å²) >= 11 is 0. The Labute approximate surface area is 74.9 Å². The molecule has 0 heterocycles. The number of hydrogen-bond donors (Lipinski definition) is 0. The van der Waals surface area contributed by atoms with Gasteiger partial charge < -0.3 is 0 Å². The Bertz CT molecular complexity index is 175. The monoisotopic (exact) mass is 166 g/mol. The molecule has 0 saturated heterocycles. The number of hydrogen-bond acceptors (Lipinski definition) is 1. The highest BCUT2D eigenvalue weighted by Gasteiger charge is 2.37. The van der Waals surface area contributed by atoms with Crippen LogP contribution in [0.25, 0.3) is 0 Å². The van der Waals surface area contributed by atoms with E-state index in [1.54, 1.807) is 6.92 Å². The fourth-order valence-electron chi connectivity index (χ4n) is 2.21. The number of rotatable bonds is 4. The van der Waals surface area contributed by atoms with Gasteiger partial charge in [0, 0.05) is 5.41 Å². The lowest BCUT2D eigenvalue weighted by molar-refractivity contribution is -0.126. The average Bonchev–Trinajstić information content (AvgIpc) is 2.50. The van der Waals surface area contributed by atoms with Crippen molar-refractivity contribution in [2.24, 2.45) is 5.41 Å². The highest BCUT2D eigenvalue weighted by molar-refractivity contribution is 5.82. The number of carbonyl (C=O) groups is 1. The SMILES string of the molecule is C=CCCC1(C(C)=O)CCCC1. The highest BCUT2D eigenvalue weighted by Crippen LogP contribution is 2.42. The summed E-state index contributed by atoms with van der Waals surface area (Å²) in [5.41, 5.74) is 0.0359. The van der Waals surface area contributed by atoms with Crippen molar-refractivity contribution >= 4 is 5.78 Å². The molecule has 0 N–H and O–H groups in total. The van der Waals surface area contributed by atoms with Gasteiger partial charge in [0.05, 0.1) is 0 Å². The first-order valence-corrected chi connectivity index (χ1v) is 4.83. The Kier molecular flexibility index (Phi) is 3.07. The molecule has 0 aromatic rings. The number of allylic oxidation sites excluding steroid dienone is 1. The molecule has 0 radical (unpaired) electrons. The molecule has 1 saturated carbocycles. The van der Waals surface area contributed by atoms with Gasteiger partial charge in [-0.05, 0) is 32.6 Å². The third kappa shape index (κ3) is 1.77. The predicted octanol–water partition coefficient (Wildman–Crippen LogP) is 3.10. The molecule has 0 aromatic heterocycles. The van der Waals surface area contributed by atoms with Gasteiger partial charge in [0.1, 0.15) is 5.78 Å². The minimum Gasteiger partial charge on any atom is -0.299 e. The zero-order chi connectivity index (χ0) is 9.03. The molecule has 0 atom stereocenters. The van der Waals surface area contributed by atoms with Gasteiger partial charge in [0.15, 0.2) is 0 Å². The summed E-state index contributed by atoms with van der Waals surface area (Å²) < 4.78 is 0. The second-order valence-electron chi connectivity index (χ2n) is 3.87. The van der Waals surface area contributed by atoms with Gasteiger partial charge in [-0.2, -0.15) is 0 Å². The molecule has 0 amide bonds. The summed E-state index contributed by atoms with van der Waals surface area (Å²) in [6.45, 7) is 5.45. The van der Waals surface area contributed by atoms with Crippen LogP contribution in [0.4, 0.5) is 0 Å². The van der Waals surface area contributed by atoms with Crippen LogP contribution < -0.4 is 0 Å². The fourth-order valence-corrected chi connectivity index (χ4v) is 2.21. The third-order valence-corrected chi connectivity index (χ3v) is 3.13. The fraction of sp³-hybridized carbons (Fsp3) is 0.727. The van der Waals surface area contributed by atoms with Crippen molar-refractivity contribution in [3.8, 4) is 0 Å². The van der Waals surface area contributed by atoms with Crippen LogP contribution in [0, 0.1) is 5.41 Å². The van der Waals surface area contributed by atoms with Gasteiger partial charge in [-0.3, -0.25) is 4.79 Å². The topological polar surface area (TPSA) is 17.1 Å². The maximum absolute atomic E-state index is 11.4. The molecular formula is C11H18O. The Morgan fingerprint density at radius 3 is 2.50 bits per heavy atom. The van der Waals surface area contributed by atoms with Gasteiger partial charge in [0.2, 0.25) is 0 Å². The summed E-state index contributed by atoms with van der Waals surface area (Å²) in [6.07, 6.45) is 8.61. The molecule has 0 aliphatic heterocycles. The van der Waals surface area contributed by atoms with Gasteiger partial charge in [-0.25, -0.2) is 0 Å². The quantitative estimate of drug-likeness (QED) is 0.586. The van der Waals surface area contributed by atoms with Gasteiger partial charge in [0.25, 0.3) is 0 Å². The molecule has 0 bridgehead atoms. The maximum atomic E-state index is 11.4. The Balaban J connectivity index is 2.58. The maximum Gasteiger partial charge on any atom is 0.135 e. The highest BCUT2D eigenvalue weighted by atomic mass is 16.1. The Morgan fingerprint density at radius 1 is 1.50 bits per heavy atom. The largest absolute Gasteiger partial charge is 0.299 e. The molecule has 12 heavy (non-hydrogen) atoms. The molecule has 1 nitrogen and oxygen atoms in total. The molecule has 1 rings (SSSR count). The van der Waals surface area contributed by atoms with E-state index >= 15 is 0 Å². The van der Waals surface area contributed by atoms with Crippen LogP contribution in [0.2, 0.25) is 0 Å². The summed E-state index contributed by atoms with van der Waals surface area (Å²) in [4.78, 5) is 11.4. The molecule has 68 valence electrons. The van der Waals surface area contributed by atoms with E-state index in [2.05, 4.69) is 6.58 Å². The zero-order valence-corrected chi connectivity index (χ0v) is 7.94. The van der Waals surface area contributed by atoms with Gasteiger partial charge >= 0.3 is 0 Å². The summed E-state index contributed by atoms with van der Waals surface area (Å²) in [5, 5.41) is 0. The summed E-state index contributed by atoms with van der Waals surface area (Å²) in [6, 6.07) is 0. The van der Waals surface area contributed by atoms with Crippen LogP contribution >= 0.6 is 0 Å². The Morgan fingerprint density at radius 2 is 2.08 bits per heavy atom. The van der Waals surface area contributed by atoms with E-state index in [4.69, 9.17) is 0 Å². The first-order chi connectivity index (χ1) is 5.71. The van der Waals surface area contributed by atoms with Crippen molar-refractivity contribution in [2.75, 3.05) is 0 Å². The van der Waals surface area contributed by atoms with Gasteiger partial charge in [-0.15, -0.1) is 6.58 Å². The van der Waals surface area contributed by atoms with Crippen LogP contribution in [0.15, 0.2) is 12.7 Å². The molecule has 1 heteroatoms. The second kappa shape index (κ2) is 3.88. The van der Waals surface area contributed by atoms with E-state index in [1.807, 2.05) is 6.08 Å². The summed E-state index contributed by atoms with van der Waals surface area (Å²) in [7, 11) is 0. The average molecular weight is 166 g/mol. The molecule has 1 aliphatic carbocycles. The van der Waals surface area contributed by atoms with Crippen LogP contribution in [-0.4, -0.2) is 5.78 Å². The van der Waals surface area contributed by atoms with Crippen molar-refractivity contribution in [1.82, 2.24) is 0 Å². The van der Waals surface area contributed by atoms with Crippen LogP contribution in [0.3, 0.4) is 0 Å². The first kappa shape index (κ1) is 9.50. The molecule has 1 fully saturated rings. The molecular weight excluding hydrogens is 148 g/mol. The zero-order valence-electron chi connectivity index (χ0n) is 7.94. The van der Waals surface area contributed by atoms with E-state index in [1.165, 1.54) is 12.8 Å². The third-order valence-electron chi connectivity index (χ3n) is 3.13. The van der Waals surface area contributed by atoms with Crippen molar-refractivity contribution < 1.29 is 4.79 Å². The van der Waals surface area contributed by atoms with Crippen molar-refractivity contribution in [2.45, 2.75) is 45.4 Å². The smallest absolute Gasteiger partial charge is 0.135 e. The van der Waals surface area contributed by atoms with E-state index in [0.717, 1.165) is 25.7 Å². The lowest BCUT2D eigenvalue weighted by Crippen LogP contribution is -2.25. The normalized spacial score (nSPS) is 20.8. The van der Waals surface area contributed by atoms with Crippen molar-refractivity contribution in [3.63, 3.8) is 0 Å². The first-order valence-electron chi connectivity index (χ1n) is 4.83. The minimum atomic E-state index is 0.0359. The van der Waals surface area contributed by atoms with E-state index < -0.39 is 0 Å². The standard InChI is InChI=1S/C11H18O/c1-3-4-7-11(10(2)12)8-5-6-9-11/h3H,1,4-9H2,2H3. The number of Topliss-reactive ketones (excluding diaryl/α,β-unsaturated/α-hetero) is 1. The minimum absolute atomic E-state index is 0.0359. The number of ketones is 1. The molecule has 0 aromatic carbocycles. The summed E-state index contributed by atoms with van der Waals surface area (Å²) in [5.74, 6) is 0.391. The van der Waals surface area contributed by atoms with E-state index in [0.29, 0.717) is 5.78 Å². The van der Waals surface area contributed by atoms with E-state index in [9.17, 15) is 4.79 Å². The van der Waals surface area contributed by atoms with Crippen LogP contribution in [0.1, 0.15) is 45.4 Å². The van der Waals surface area contributed by atoms with Gasteiger partial charge in [-0.1, -0.05) is 18.9 Å². The molecule has 0 spiro atoms. The molecule has 0 unspecified atom stereocenters. The van der Waals surface area contributed by atoms with E-state index in [-0.39, 0.29) is 5.41 Å². The Hall–Kier alpha value is -0.590. The number of carbonyl (C=O) groups excluding carboxylic acids is 1. The lowest BCUT2D eigenvalue weighted by Gasteiger charge is -2.24. The van der Waals surface area contributed by atoms with Crippen LogP contribution in [0.5, 0.6) is 0 Å². The van der Waals surface area contributed by atoms with Crippen LogP contribution in [-0.2, 0) is 4.79 Å². The lowest BCUT2D eigenvalue weighted by atomic mass is 9.78. The van der Waals surface area contributed by atoms with Crippen molar-refractivity contribution in [3.05, 3.63) is 12.7 Å². The predicted molar refractivity (Wildman–Crippen MR) is 51.0 cm³/mol.